The summed E-state index contributed by atoms with van der Waals surface area (Å²) in [4.78, 5) is 15.1. The summed E-state index contributed by atoms with van der Waals surface area (Å²) >= 11 is 0. The summed E-state index contributed by atoms with van der Waals surface area (Å²) in [6.45, 7) is 1.46. The minimum Gasteiger partial charge on any atom is -0.294 e. The maximum absolute atomic E-state index is 13.3. The number of hydrogen-bond acceptors (Lipinski definition) is 2. The second-order valence-electron chi connectivity index (χ2n) is 3.07. The third-order valence-electron chi connectivity index (χ3n) is 2.14. The van der Waals surface area contributed by atoms with E-state index in [9.17, 15) is 9.18 Å². The van der Waals surface area contributed by atoms with Gasteiger partial charge in [0.15, 0.2) is 5.78 Å². The highest BCUT2D eigenvalue weighted by Crippen LogP contribution is 2.20. The lowest BCUT2D eigenvalue weighted by Gasteiger charge is -2.02. The van der Waals surface area contributed by atoms with Crippen molar-refractivity contribution in [2.24, 2.45) is 0 Å². The van der Waals surface area contributed by atoms with Crippen LogP contribution in [0.5, 0.6) is 0 Å². The molecule has 0 fully saturated rings. The van der Waals surface area contributed by atoms with Crippen molar-refractivity contribution in [3.63, 3.8) is 0 Å². The molecule has 14 heavy (non-hydrogen) atoms. The molecule has 1 heterocycles. The van der Waals surface area contributed by atoms with E-state index < -0.39 is 0 Å². The molecule has 1 aromatic carbocycles. The van der Waals surface area contributed by atoms with Crippen molar-refractivity contribution in [2.75, 3.05) is 0 Å². The second kappa shape index (κ2) is 3.18. The van der Waals surface area contributed by atoms with Gasteiger partial charge in [-0.15, -0.1) is 0 Å². The number of nitrogens with zero attached hydrogens (tertiary/aromatic N) is 1. The van der Waals surface area contributed by atoms with Crippen LogP contribution in [0.3, 0.4) is 0 Å². The number of rotatable bonds is 1. The number of pyridine rings is 1. The Morgan fingerprint density at radius 1 is 1.29 bits per heavy atom. The van der Waals surface area contributed by atoms with Crippen molar-refractivity contribution in [3.8, 4) is 0 Å². The van der Waals surface area contributed by atoms with Crippen LogP contribution in [0, 0.1) is 5.82 Å². The minimum absolute atomic E-state index is 0.0806. The number of Topliss-reactive ketones (excluding diaryl/α,β-unsaturated/α-hetero) is 1. The molecule has 0 N–H and O–H groups in total. The summed E-state index contributed by atoms with van der Waals surface area (Å²) in [5.41, 5.74) is 0.509. The van der Waals surface area contributed by atoms with E-state index in [4.69, 9.17) is 0 Å². The van der Waals surface area contributed by atoms with Crippen LogP contribution in [0.1, 0.15) is 17.3 Å². The maximum Gasteiger partial charge on any atom is 0.160 e. The topological polar surface area (TPSA) is 30.0 Å². The van der Waals surface area contributed by atoms with E-state index in [1.165, 1.54) is 31.5 Å². The lowest BCUT2D eigenvalue weighted by Crippen LogP contribution is -1.95. The smallest absolute Gasteiger partial charge is 0.160 e. The molecule has 0 radical (unpaired) electrons. The summed E-state index contributed by atoms with van der Waals surface area (Å²) < 4.78 is 13.3. The minimum atomic E-state index is -0.326. The Labute approximate surface area is 80.4 Å². The van der Waals surface area contributed by atoms with Crippen LogP contribution < -0.4 is 0 Å². The van der Waals surface area contributed by atoms with Gasteiger partial charge in [-0.2, -0.15) is 0 Å². The lowest BCUT2D eigenvalue weighted by atomic mass is 10.0. The van der Waals surface area contributed by atoms with E-state index in [2.05, 4.69) is 4.98 Å². The zero-order valence-electron chi connectivity index (χ0n) is 7.62. The van der Waals surface area contributed by atoms with Gasteiger partial charge in [0.05, 0.1) is 0 Å². The van der Waals surface area contributed by atoms with Gasteiger partial charge in [0.25, 0.3) is 0 Å². The fourth-order valence-corrected chi connectivity index (χ4v) is 1.46. The summed E-state index contributed by atoms with van der Waals surface area (Å²) in [7, 11) is 0. The number of hydrogen-bond donors (Lipinski definition) is 0. The average Bonchev–Trinajstić information content (AvgIpc) is 2.18. The molecule has 1 aromatic heterocycles. The summed E-state index contributed by atoms with van der Waals surface area (Å²) in [6.07, 6.45) is 3.02. The van der Waals surface area contributed by atoms with Gasteiger partial charge in [0, 0.05) is 28.7 Å². The van der Waals surface area contributed by atoms with E-state index in [1.807, 2.05) is 0 Å². The maximum atomic E-state index is 13.3. The van der Waals surface area contributed by atoms with E-state index >= 15 is 0 Å². The highest BCUT2D eigenvalue weighted by Gasteiger charge is 2.08. The summed E-state index contributed by atoms with van der Waals surface area (Å²) in [5, 5.41) is 1.01. The number of ketones is 1. The Balaban J connectivity index is 2.88. The van der Waals surface area contributed by atoms with E-state index in [-0.39, 0.29) is 11.6 Å². The monoisotopic (exact) mass is 189 g/mol. The Morgan fingerprint density at radius 2 is 2.07 bits per heavy atom. The van der Waals surface area contributed by atoms with Crippen LogP contribution in [-0.4, -0.2) is 10.8 Å². The zero-order valence-corrected chi connectivity index (χ0v) is 7.62. The van der Waals surface area contributed by atoms with E-state index in [0.717, 1.165) is 0 Å². The predicted octanol–water partition coefficient (Wildman–Crippen LogP) is 2.58. The van der Waals surface area contributed by atoms with Crippen molar-refractivity contribution in [1.82, 2.24) is 4.98 Å². The standard InChI is InChI=1S/C11H8FNO/c1-7(14)8-2-3-11(12)9-4-5-13-6-10(8)9/h2-6H,1H3. The molecule has 0 aliphatic heterocycles. The molecule has 2 rings (SSSR count). The van der Waals surface area contributed by atoms with Gasteiger partial charge < -0.3 is 0 Å². The molecule has 0 amide bonds. The fraction of sp³-hybridized carbons (Fsp3) is 0.0909. The molecule has 0 saturated heterocycles. The SMILES string of the molecule is CC(=O)c1ccc(F)c2ccncc12. The first-order valence-electron chi connectivity index (χ1n) is 4.23. The third-order valence-corrected chi connectivity index (χ3v) is 2.14. The predicted molar refractivity (Wildman–Crippen MR) is 51.7 cm³/mol. The first kappa shape index (κ1) is 8.81. The average molecular weight is 189 g/mol. The molecule has 70 valence electrons. The Hall–Kier alpha value is -1.77. The van der Waals surface area contributed by atoms with Crippen molar-refractivity contribution in [1.29, 1.82) is 0 Å². The molecule has 2 nitrogen and oxygen atoms in total. The third kappa shape index (κ3) is 1.27. The molecular formula is C11H8FNO. The zero-order chi connectivity index (χ0) is 10.1. The number of aromatic nitrogens is 1. The molecule has 0 bridgehead atoms. The molecule has 2 aromatic rings. The normalized spacial score (nSPS) is 10.4. The Morgan fingerprint density at radius 3 is 2.79 bits per heavy atom. The molecule has 0 atom stereocenters. The van der Waals surface area contributed by atoms with Gasteiger partial charge in [-0.1, -0.05) is 0 Å². The molecule has 0 unspecified atom stereocenters. The first-order valence-corrected chi connectivity index (χ1v) is 4.23. The van der Waals surface area contributed by atoms with Gasteiger partial charge in [-0.05, 0) is 25.1 Å². The largest absolute Gasteiger partial charge is 0.294 e. The molecule has 0 aliphatic rings. The van der Waals surface area contributed by atoms with Gasteiger partial charge >= 0.3 is 0 Å². The van der Waals surface area contributed by atoms with Crippen LogP contribution in [-0.2, 0) is 0 Å². The molecular weight excluding hydrogens is 181 g/mol. The number of carbonyl (C=O) groups excluding carboxylic acids is 1. The van der Waals surface area contributed by atoms with Crippen molar-refractivity contribution in [2.45, 2.75) is 6.92 Å². The van der Waals surface area contributed by atoms with Crippen LogP contribution in [0.25, 0.3) is 10.8 Å². The van der Waals surface area contributed by atoms with Crippen LogP contribution in [0.4, 0.5) is 4.39 Å². The van der Waals surface area contributed by atoms with Crippen molar-refractivity contribution < 1.29 is 9.18 Å². The van der Waals surface area contributed by atoms with Gasteiger partial charge in [0.1, 0.15) is 5.82 Å². The summed E-state index contributed by atoms with van der Waals surface area (Å²) in [6, 6.07) is 4.36. The number of fused-ring (bicyclic) bond motifs is 1. The van der Waals surface area contributed by atoms with Crippen molar-refractivity contribution >= 4 is 16.6 Å². The number of carbonyl (C=O) groups is 1. The van der Waals surface area contributed by atoms with E-state index in [0.29, 0.717) is 16.3 Å². The summed E-state index contributed by atoms with van der Waals surface area (Å²) in [5.74, 6) is -0.407. The van der Waals surface area contributed by atoms with Gasteiger partial charge in [-0.3, -0.25) is 9.78 Å². The molecule has 0 saturated carbocycles. The Kier molecular flexibility index (Phi) is 2.00. The quantitative estimate of drug-likeness (QED) is 0.645. The fourth-order valence-electron chi connectivity index (χ4n) is 1.46. The van der Waals surface area contributed by atoms with Crippen LogP contribution in [0.2, 0.25) is 0 Å². The van der Waals surface area contributed by atoms with Gasteiger partial charge in [0.2, 0.25) is 0 Å². The highest BCUT2D eigenvalue weighted by atomic mass is 19.1. The van der Waals surface area contributed by atoms with Crippen LogP contribution in [0.15, 0.2) is 30.6 Å². The second-order valence-corrected chi connectivity index (χ2v) is 3.07. The number of halogens is 1. The Bertz CT molecular complexity index is 508. The first-order chi connectivity index (χ1) is 6.70. The van der Waals surface area contributed by atoms with Crippen LogP contribution >= 0.6 is 0 Å². The van der Waals surface area contributed by atoms with E-state index in [1.54, 1.807) is 6.07 Å². The molecule has 3 heteroatoms. The molecule has 0 spiro atoms. The van der Waals surface area contributed by atoms with Gasteiger partial charge in [-0.25, -0.2) is 4.39 Å². The molecule has 0 aliphatic carbocycles. The highest BCUT2D eigenvalue weighted by molar-refractivity contribution is 6.06. The number of benzene rings is 1. The lowest BCUT2D eigenvalue weighted by molar-refractivity contribution is 0.101. The van der Waals surface area contributed by atoms with Crippen molar-refractivity contribution in [3.05, 3.63) is 42.0 Å².